The molecule has 2 aromatic rings. The summed E-state index contributed by atoms with van der Waals surface area (Å²) in [6.07, 6.45) is 0.746. The van der Waals surface area contributed by atoms with Crippen molar-refractivity contribution in [1.82, 2.24) is 15.5 Å². The van der Waals surface area contributed by atoms with Crippen molar-refractivity contribution >= 4 is 0 Å². The molecule has 1 aromatic heterocycles. The average Bonchev–Trinajstić information content (AvgIpc) is 2.96. The lowest BCUT2D eigenvalue weighted by atomic mass is 9.96. The van der Waals surface area contributed by atoms with Crippen LogP contribution in [0.5, 0.6) is 0 Å². The van der Waals surface area contributed by atoms with Crippen molar-refractivity contribution < 1.29 is 9.26 Å². The summed E-state index contributed by atoms with van der Waals surface area (Å²) in [6, 6.07) is 8.52. The molecule has 1 aliphatic heterocycles. The summed E-state index contributed by atoms with van der Waals surface area (Å²) in [5.74, 6) is 1.57. The fraction of sp³-hybridized carbons (Fsp3) is 0.500. The Morgan fingerprint density at radius 3 is 2.76 bits per heavy atom. The molecule has 0 radical (unpaired) electrons. The van der Waals surface area contributed by atoms with Gasteiger partial charge in [-0.25, -0.2) is 0 Å². The van der Waals surface area contributed by atoms with Crippen molar-refractivity contribution in [2.24, 2.45) is 5.92 Å². The van der Waals surface area contributed by atoms with E-state index in [0.29, 0.717) is 17.6 Å². The van der Waals surface area contributed by atoms with Gasteiger partial charge in [-0.15, -0.1) is 0 Å². The van der Waals surface area contributed by atoms with E-state index in [0.717, 1.165) is 13.0 Å². The first-order valence-corrected chi connectivity index (χ1v) is 7.35. The van der Waals surface area contributed by atoms with Crippen LogP contribution < -0.4 is 5.32 Å². The van der Waals surface area contributed by atoms with E-state index in [9.17, 15) is 0 Å². The summed E-state index contributed by atoms with van der Waals surface area (Å²) < 4.78 is 10.9. The van der Waals surface area contributed by atoms with Gasteiger partial charge in [0, 0.05) is 13.7 Å². The predicted octanol–water partition coefficient (Wildman–Crippen LogP) is 2.80. The van der Waals surface area contributed by atoms with Crippen LogP contribution in [-0.2, 0) is 17.7 Å². The number of rotatable bonds is 4. The summed E-state index contributed by atoms with van der Waals surface area (Å²) in [4.78, 5) is 4.53. The minimum atomic E-state index is -0.127. The number of nitrogens with zero attached hydrogens (tertiary/aromatic N) is 2. The highest BCUT2D eigenvalue weighted by Crippen LogP contribution is 2.27. The molecule has 0 fully saturated rings. The van der Waals surface area contributed by atoms with Gasteiger partial charge in [0.1, 0.15) is 6.10 Å². The molecule has 0 bridgehead atoms. The largest absolute Gasteiger partial charge is 0.373 e. The van der Waals surface area contributed by atoms with Crippen molar-refractivity contribution in [1.29, 1.82) is 0 Å². The number of benzene rings is 1. The van der Waals surface area contributed by atoms with E-state index >= 15 is 0 Å². The number of fused-ring (bicyclic) bond motifs is 1. The molecule has 1 aromatic carbocycles. The summed E-state index contributed by atoms with van der Waals surface area (Å²) in [5, 5.41) is 7.54. The van der Waals surface area contributed by atoms with Crippen molar-refractivity contribution in [3.8, 4) is 0 Å². The molecule has 0 saturated carbocycles. The molecule has 5 heteroatoms. The highest BCUT2D eigenvalue weighted by Gasteiger charge is 2.27. The zero-order valence-corrected chi connectivity index (χ0v) is 12.7. The van der Waals surface area contributed by atoms with Gasteiger partial charge in [0.25, 0.3) is 0 Å². The smallest absolute Gasteiger partial charge is 0.244 e. The standard InChI is InChI=1S/C16H21N3O2/c1-10(2)14(20-3)15-18-16(21-19-15)13-8-11-6-4-5-7-12(11)9-17-13/h4-7,10,13-14,17H,8-9H2,1-3H3. The maximum Gasteiger partial charge on any atom is 0.244 e. The van der Waals surface area contributed by atoms with E-state index in [2.05, 4.69) is 53.6 Å². The maximum atomic E-state index is 5.45. The van der Waals surface area contributed by atoms with Crippen LogP contribution in [0.3, 0.4) is 0 Å². The normalized spacial score (nSPS) is 19.5. The third-order valence-corrected chi connectivity index (χ3v) is 3.95. The van der Waals surface area contributed by atoms with Crippen LogP contribution in [0.25, 0.3) is 0 Å². The average molecular weight is 287 g/mol. The topological polar surface area (TPSA) is 60.2 Å². The highest BCUT2D eigenvalue weighted by atomic mass is 16.5. The fourth-order valence-electron chi connectivity index (χ4n) is 2.81. The lowest BCUT2D eigenvalue weighted by Gasteiger charge is -2.23. The Bertz CT molecular complexity index is 609. The first kappa shape index (κ1) is 14.2. The third-order valence-electron chi connectivity index (χ3n) is 3.95. The summed E-state index contributed by atoms with van der Waals surface area (Å²) in [6.45, 7) is 5.00. The van der Waals surface area contributed by atoms with E-state index in [4.69, 9.17) is 9.26 Å². The molecule has 3 rings (SSSR count). The molecular weight excluding hydrogens is 266 g/mol. The van der Waals surface area contributed by atoms with Crippen molar-refractivity contribution in [2.45, 2.75) is 39.0 Å². The second kappa shape index (κ2) is 5.95. The molecule has 1 aliphatic rings. The summed E-state index contributed by atoms with van der Waals surface area (Å²) in [5.41, 5.74) is 2.68. The summed E-state index contributed by atoms with van der Waals surface area (Å²) in [7, 11) is 1.68. The van der Waals surface area contributed by atoms with Gasteiger partial charge < -0.3 is 14.6 Å². The Morgan fingerprint density at radius 1 is 1.29 bits per heavy atom. The molecule has 0 spiro atoms. The number of hydrogen-bond acceptors (Lipinski definition) is 5. The lowest BCUT2D eigenvalue weighted by Crippen LogP contribution is -2.28. The number of nitrogens with one attached hydrogen (secondary N) is 1. The van der Waals surface area contributed by atoms with Gasteiger partial charge in [-0.3, -0.25) is 0 Å². The van der Waals surface area contributed by atoms with Gasteiger partial charge >= 0.3 is 0 Å². The van der Waals surface area contributed by atoms with Crippen LogP contribution in [0, 0.1) is 5.92 Å². The quantitative estimate of drug-likeness (QED) is 0.937. The second-order valence-electron chi connectivity index (χ2n) is 5.80. The Hall–Kier alpha value is -1.72. The minimum Gasteiger partial charge on any atom is -0.373 e. The maximum absolute atomic E-state index is 5.45. The van der Waals surface area contributed by atoms with Crippen LogP contribution in [0.1, 0.15) is 48.8 Å². The second-order valence-corrected chi connectivity index (χ2v) is 5.80. The molecule has 112 valence electrons. The van der Waals surface area contributed by atoms with E-state index in [-0.39, 0.29) is 12.1 Å². The van der Waals surface area contributed by atoms with E-state index in [1.54, 1.807) is 7.11 Å². The molecule has 1 N–H and O–H groups in total. The monoisotopic (exact) mass is 287 g/mol. The van der Waals surface area contributed by atoms with Crippen molar-refractivity contribution in [3.05, 3.63) is 47.1 Å². The molecule has 2 atom stereocenters. The molecule has 2 unspecified atom stereocenters. The zero-order chi connectivity index (χ0) is 14.8. The fourth-order valence-corrected chi connectivity index (χ4v) is 2.81. The Kier molecular flexibility index (Phi) is 4.03. The number of ether oxygens (including phenoxy) is 1. The first-order valence-electron chi connectivity index (χ1n) is 7.35. The minimum absolute atomic E-state index is 0.0748. The number of hydrogen-bond donors (Lipinski definition) is 1. The molecule has 5 nitrogen and oxygen atoms in total. The summed E-state index contributed by atoms with van der Waals surface area (Å²) >= 11 is 0. The number of aromatic nitrogens is 2. The van der Waals surface area contributed by atoms with E-state index < -0.39 is 0 Å². The van der Waals surface area contributed by atoms with Crippen LogP contribution in [0.15, 0.2) is 28.8 Å². The lowest BCUT2D eigenvalue weighted by molar-refractivity contribution is 0.0555. The Morgan fingerprint density at radius 2 is 2.05 bits per heavy atom. The van der Waals surface area contributed by atoms with Gasteiger partial charge in [0.05, 0.1) is 6.04 Å². The molecule has 0 saturated heterocycles. The van der Waals surface area contributed by atoms with Crippen LogP contribution in [-0.4, -0.2) is 17.3 Å². The van der Waals surface area contributed by atoms with Crippen LogP contribution in [0.4, 0.5) is 0 Å². The van der Waals surface area contributed by atoms with E-state index in [1.165, 1.54) is 11.1 Å². The first-order chi connectivity index (χ1) is 10.2. The third kappa shape index (κ3) is 2.84. The van der Waals surface area contributed by atoms with Gasteiger partial charge in [0.15, 0.2) is 0 Å². The van der Waals surface area contributed by atoms with Gasteiger partial charge in [-0.05, 0) is 23.5 Å². The highest BCUT2D eigenvalue weighted by molar-refractivity contribution is 5.30. The van der Waals surface area contributed by atoms with Crippen LogP contribution in [0.2, 0.25) is 0 Å². The van der Waals surface area contributed by atoms with Crippen molar-refractivity contribution in [3.63, 3.8) is 0 Å². The van der Waals surface area contributed by atoms with Crippen LogP contribution >= 0.6 is 0 Å². The molecule has 2 heterocycles. The van der Waals surface area contributed by atoms with E-state index in [1.807, 2.05) is 0 Å². The Labute approximate surface area is 124 Å². The SMILES string of the molecule is COC(c1noc(C2Cc3ccccc3CN2)n1)C(C)C. The van der Waals surface area contributed by atoms with Gasteiger partial charge in [-0.1, -0.05) is 43.3 Å². The van der Waals surface area contributed by atoms with Gasteiger partial charge in [-0.2, -0.15) is 4.98 Å². The Balaban J connectivity index is 1.79. The molecule has 0 amide bonds. The van der Waals surface area contributed by atoms with Gasteiger partial charge in [0.2, 0.25) is 11.7 Å². The zero-order valence-electron chi connectivity index (χ0n) is 12.7. The molecule has 0 aliphatic carbocycles. The predicted molar refractivity (Wildman–Crippen MR) is 78.6 cm³/mol. The molecule has 21 heavy (non-hydrogen) atoms. The van der Waals surface area contributed by atoms with Crippen molar-refractivity contribution in [2.75, 3.05) is 7.11 Å². The molecular formula is C16H21N3O2. The number of methoxy groups -OCH3 is 1.